The van der Waals surface area contributed by atoms with Crippen molar-refractivity contribution in [3.8, 4) is 11.3 Å². The summed E-state index contributed by atoms with van der Waals surface area (Å²) in [5, 5.41) is 2.08. The number of hydrogen-bond donors (Lipinski definition) is 0. The third kappa shape index (κ3) is 3.16. The Bertz CT molecular complexity index is 829. The summed E-state index contributed by atoms with van der Waals surface area (Å²) in [6, 6.07) is 17.9. The molecule has 2 aromatic carbocycles. The maximum atomic E-state index is 11.8. The summed E-state index contributed by atoms with van der Waals surface area (Å²) in [7, 11) is 3.34. The Balaban J connectivity index is 2.09. The Morgan fingerprint density at radius 3 is 2.48 bits per heavy atom. The van der Waals surface area contributed by atoms with Gasteiger partial charge >= 0.3 is 6.09 Å². The van der Waals surface area contributed by atoms with E-state index in [-0.39, 0.29) is 12.7 Å². The first-order valence-corrected chi connectivity index (χ1v) is 7.43. The topological polar surface area (TPSA) is 42.4 Å². The second-order valence-corrected chi connectivity index (χ2v) is 5.49. The lowest BCUT2D eigenvalue weighted by molar-refractivity contribution is 0.112. The number of pyridine rings is 1. The quantitative estimate of drug-likeness (QED) is 0.731. The number of nitrogens with zero attached hydrogens (tertiary/aromatic N) is 2. The van der Waals surface area contributed by atoms with E-state index in [1.165, 1.54) is 4.90 Å². The smallest absolute Gasteiger partial charge is 0.409 e. The van der Waals surface area contributed by atoms with E-state index in [2.05, 4.69) is 4.98 Å². The highest BCUT2D eigenvalue weighted by atomic mass is 16.6. The molecule has 4 heteroatoms. The van der Waals surface area contributed by atoms with Crippen molar-refractivity contribution in [3.63, 3.8) is 0 Å². The normalized spacial score (nSPS) is 10.5. The molecule has 1 amide bonds. The Labute approximate surface area is 135 Å². The Morgan fingerprint density at radius 1 is 1.04 bits per heavy atom. The van der Waals surface area contributed by atoms with Gasteiger partial charge in [-0.05, 0) is 5.39 Å². The van der Waals surface area contributed by atoms with Crippen LogP contribution in [0.3, 0.4) is 0 Å². The van der Waals surface area contributed by atoms with Crippen LogP contribution in [0.4, 0.5) is 4.79 Å². The molecule has 0 aliphatic carbocycles. The van der Waals surface area contributed by atoms with E-state index in [4.69, 9.17) is 4.74 Å². The average Bonchev–Trinajstić information content (AvgIpc) is 2.59. The number of carbonyl (C=O) groups is 1. The van der Waals surface area contributed by atoms with E-state index in [1.54, 1.807) is 14.1 Å². The third-order valence-electron chi connectivity index (χ3n) is 3.66. The van der Waals surface area contributed by atoms with Crippen LogP contribution >= 0.6 is 0 Å². The van der Waals surface area contributed by atoms with Gasteiger partial charge < -0.3 is 9.64 Å². The fourth-order valence-electron chi connectivity index (χ4n) is 2.48. The van der Waals surface area contributed by atoms with E-state index in [0.29, 0.717) is 0 Å². The lowest BCUT2D eigenvalue weighted by Crippen LogP contribution is -2.22. The molecule has 0 radical (unpaired) electrons. The van der Waals surface area contributed by atoms with Gasteiger partial charge in [0.1, 0.15) is 6.61 Å². The number of fused-ring (bicyclic) bond motifs is 1. The van der Waals surface area contributed by atoms with Crippen LogP contribution in [0.2, 0.25) is 0 Å². The molecule has 1 heterocycles. The summed E-state index contributed by atoms with van der Waals surface area (Å²) in [6.45, 7) is 0.190. The van der Waals surface area contributed by atoms with Gasteiger partial charge in [0.25, 0.3) is 0 Å². The summed E-state index contributed by atoms with van der Waals surface area (Å²) < 4.78 is 5.41. The van der Waals surface area contributed by atoms with Gasteiger partial charge in [0, 0.05) is 36.8 Å². The number of ether oxygens (including phenoxy) is 1. The van der Waals surface area contributed by atoms with Gasteiger partial charge in [-0.2, -0.15) is 0 Å². The SMILES string of the molecule is CN(C)C(=O)OCc1c(-c2ccccc2)ncc2ccccc12. The van der Waals surface area contributed by atoms with Crippen molar-refractivity contribution in [3.05, 3.63) is 66.4 Å². The number of amides is 1. The molecule has 23 heavy (non-hydrogen) atoms. The molecule has 1 aromatic heterocycles. The van der Waals surface area contributed by atoms with Crippen LogP contribution in [0.25, 0.3) is 22.0 Å². The highest BCUT2D eigenvalue weighted by molar-refractivity contribution is 5.89. The highest BCUT2D eigenvalue weighted by Crippen LogP contribution is 2.28. The fourth-order valence-corrected chi connectivity index (χ4v) is 2.48. The Kier molecular flexibility index (Phi) is 4.24. The largest absolute Gasteiger partial charge is 0.444 e. The first-order valence-electron chi connectivity index (χ1n) is 7.43. The molecule has 0 saturated heterocycles. The van der Waals surface area contributed by atoms with E-state index < -0.39 is 0 Å². The molecule has 116 valence electrons. The fraction of sp³-hybridized carbons (Fsp3) is 0.158. The van der Waals surface area contributed by atoms with Gasteiger partial charge in [0.15, 0.2) is 0 Å². The van der Waals surface area contributed by atoms with Gasteiger partial charge in [-0.25, -0.2) is 4.79 Å². The predicted molar refractivity (Wildman–Crippen MR) is 91.1 cm³/mol. The van der Waals surface area contributed by atoms with Crippen LogP contribution in [0.15, 0.2) is 60.8 Å². The highest BCUT2D eigenvalue weighted by Gasteiger charge is 2.14. The summed E-state index contributed by atoms with van der Waals surface area (Å²) in [4.78, 5) is 17.8. The maximum absolute atomic E-state index is 11.8. The molecular weight excluding hydrogens is 288 g/mol. The third-order valence-corrected chi connectivity index (χ3v) is 3.66. The number of benzene rings is 2. The van der Waals surface area contributed by atoms with Crippen LogP contribution in [-0.2, 0) is 11.3 Å². The van der Waals surface area contributed by atoms with Crippen LogP contribution in [0.1, 0.15) is 5.56 Å². The number of hydrogen-bond acceptors (Lipinski definition) is 3. The zero-order valence-corrected chi connectivity index (χ0v) is 13.2. The Hall–Kier alpha value is -2.88. The van der Waals surface area contributed by atoms with E-state index in [9.17, 15) is 4.79 Å². The van der Waals surface area contributed by atoms with Crippen LogP contribution in [0, 0.1) is 0 Å². The molecule has 0 saturated carbocycles. The maximum Gasteiger partial charge on any atom is 0.409 e. The molecule has 0 N–H and O–H groups in total. The van der Waals surface area contributed by atoms with Crippen molar-refractivity contribution < 1.29 is 9.53 Å². The Morgan fingerprint density at radius 2 is 1.74 bits per heavy atom. The van der Waals surface area contributed by atoms with Crippen LogP contribution < -0.4 is 0 Å². The molecule has 3 aromatic rings. The lowest BCUT2D eigenvalue weighted by atomic mass is 10.0. The van der Waals surface area contributed by atoms with Crippen molar-refractivity contribution >= 4 is 16.9 Å². The zero-order chi connectivity index (χ0) is 16.2. The van der Waals surface area contributed by atoms with Crippen molar-refractivity contribution in [1.82, 2.24) is 9.88 Å². The van der Waals surface area contributed by atoms with Crippen LogP contribution in [0.5, 0.6) is 0 Å². The monoisotopic (exact) mass is 306 g/mol. The lowest BCUT2D eigenvalue weighted by Gasteiger charge is -2.15. The number of rotatable bonds is 3. The minimum atomic E-state index is -0.364. The first kappa shape index (κ1) is 15.0. The second-order valence-electron chi connectivity index (χ2n) is 5.49. The van der Waals surface area contributed by atoms with E-state index >= 15 is 0 Å². The first-order chi connectivity index (χ1) is 11.2. The molecule has 0 bridgehead atoms. The summed E-state index contributed by atoms with van der Waals surface area (Å²) in [6.07, 6.45) is 1.49. The summed E-state index contributed by atoms with van der Waals surface area (Å²) >= 11 is 0. The molecule has 0 aliphatic heterocycles. The predicted octanol–water partition coefficient (Wildman–Crippen LogP) is 4.10. The zero-order valence-electron chi connectivity index (χ0n) is 13.2. The van der Waals surface area contributed by atoms with Gasteiger partial charge in [-0.3, -0.25) is 4.98 Å². The molecule has 0 fully saturated rings. The summed E-state index contributed by atoms with van der Waals surface area (Å²) in [5.41, 5.74) is 2.77. The molecular formula is C19H18N2O2. The van der Waals surface area contributed by atoms with E-state index in [0.717, 1.165) is 27.6 Å². The summed E-state index contributed by atoms with van der Waals surface area (Å²) in [5.74, 6) is 0. The minimum Gasteiger partial charge on any atom is -0.444 e. The average molecular weight is 306 g/mol. The van der Waals surface area contributed by atoms with Gasteiger partial charge in [-0.15, -0.1) is 0 Å². The second kappa shape index (κ2) is 6.48. The van der Waals surface area contributed by atoms with Crippen molar-refractivity contribution in [2.24, 2.45) is 0 Å². The van der Waals surface area contributed by atoms with Crippen molar-refractivity contribution in [1.29, 1.82) is 0 Å². The molecule has 0 spiro atoms. The number of aromatic nitrogens is 1. The van der Waals surface area contributed by atoms with Crippen LogP contribution in [-0.4, -0.2) is 30.1 Å². The van der Waals surface area contributed by atoms with Crippen molar-refractivity contribution in [2.75, 3.05) is 14.1 Å². The minimum absolute atomic E-state index is 0.190. The van der Waals surface area contributed by atoms with Gasteiger partial charge in [-0.1, -0.05) is 54.6 Å². The molecule has 0 unspecified atom stereocenters. The molecule has 4 nitrogen and oxygen atoms in total. The molecule has 0 aliphatic rings. The molecule has 0 atom stereocenters. The van der Waals surface area contributed by atoms with Crippen molar-refractivity contribution in [2.45, 2.75) is 6.61 Å². The number of carbonyl (C=O) groups excluding carboxylic acids is 1. The molecule has 3 rings (SSSR count). The standard InChI is InChI=1S/C19H18N2O2/c1-21(2)19(22)23-13-17-16-11-7-6-10-15(16)12-20-18(17)14-8-4-3-5-9-14/h3-12H,13H2,1-2H3. The van der Waals surface area contributed by atoms with Gasteiger partial charge in [0.05, 0.1) is 5.69 Å². The van der Waals surface area contributed by atoms with E-state index in [1.807, 2.05) is 60.8 Å². The van der Waals surface area contributed by atoms with Gasteiger partial charge in [0.2, 0.25) is 0 Å².